The molecule has 110 valence electrons. The monoisotopic (exact) mass is 304 g/mol. The summed E-state index contributed by atoms with van der Waals surface area (Å²) in [6.07, 6.45) is 5.39. The molecule has 0 atom stereocenters. The topological polar surface area (TPSA) is 9.23 Å². The van der Waals surface area contributed by atoms with Crippen LogP contribution in [0.5, 0.6) is 0 Å². The minimum Gasteiger partial charge on any atom is -0.395 e. The first-order valence-corrected chi connectivity index (χ1v) is 10.7. The lowest BCUT2D eigenvalue weighted by molar-refractivity contribution is 0.166. The average Bonchev–Trinajstić information content (AvgIpc) is 2.52. The molecule has 0 saturated heterocycles. The van der Waals surface area contributed by atoms with Crippen LogP contribution in [-0.2, 0) is 10.0 Å². The van der Waals surface area contributed by atoms with Gasteiger partial charge in [0, 0.05) is 0 Å². The van der Waals surface area contributed by atoms with Gasteiger partial charge >= 0.3 is 0 Å². The zero-order valence-corrected chi connectivity index (χ0v) is 14.3. The molecular formula is C20H20OSi. The van der Waals surface area contributed by atoms with Crippen molar-refractivity contribution < 1.29 is 4.43 Å². The molecule has 0 amide bonds. The Morgan fingerprint density at radius 1 is 0.864 bits per heavy atom. The van der Waals surface area contributed by atoms with E-state index < -0.39 is 13.9 Å². The summed E-state index contributed by atoms with van der Waals surface area (Å²) in [6.45, 7) is 6.47. The van der Waals surface area contributed by atoms with Crippen molar-refractivity contribution in [2.75, 3.05) is 0 Å². The van der Waals surface area contributed by atoms with E-state index in [1.165, 1.54) is 0 Å². The lowest BCUT2D eigenvalue weighted by atomic mass is 9.87. The average molecular weight is 304 g/mol. The molecule has 0 spiro atoms. The zero-order chi connectivity index (χ0) is 16.1. The van der Waals surface area contributed by atoms with E-state index in [0.717, 1.165) is 11.1 Å². The Morgan fingerprint density at radius 2 is 1.32 bits per heavy atom. The Labute approximate surface area is 134 Å². The maximum absolute atomic E-state index is 6.57. The minimum absolute atomic E-state index is 0.820. The van der Waals surface area contributed by atoms with Gasteiger partial charge in [-0.25, -0.2) is 0 Å². The molecule has 0 aliphatic rings. The summed E-state index contributed by atoms with van der Waals surface area (Å²) in [5.74, 6) is 8.40. The lowest BCUT2D eigenvalue weighted by Gasteiger charge is -2.36. The van der Waals surface area contributed by atoms with E-state index >= 15 is 0 Å². The van der Waals surface area contributed by atoms with Crippen molar-refractivity contribution >= 4 is 8.32 Å². The molecule has 0 bridgehead atoms. The van der Waals surface area contributed by atoms with Gasteiger partial charge in [-0.2, -0.15) is 0 Å². The normalized spacial score (nSPS) is 11.2. The number of terminal acetylenes is 1. The molecule has 0 radical (unpaired) electrons. The zero-order valence-electron chi connectivity index (χ0n) is 13.3. The van der Waals surface area contributed by atoms with Crippen LogP contribution >= 0.6 is 0 Å². The molecule has 22 heavy (non-hydrogen) atoms. The summed E-state index contributed by atoms with van der Waals surface area (Å²) in [4.78, 5) is 0. The van der Waals surface area contributed by atoms with Crippen molar-refractivity contribution in [3.8, 4) is 24.2 Å². The van der Waals surface area contributed by atoms with Crippen LogP contribution in [0.1, 0.15) is 11.1 Å². The molecule has 0 unspecified atom stereocenters. The van der Waals surface area contributed by atoms with E-state index in [1.54, 1.807) is 0 Å². The van der Waals surface area contributed by atoms with Crippen LogP contribution in [0.4, 0.5) is 0 Å². The predicted octanol–water partition coefficient (Wildman–Crippen LogP) is 4.42. The first-order valence-electron chi connectivity index (χ1n) is 7.27. The molecule has 2 heteroatoms. The van der Waals surface area contributed by atoms with Crippen LogP contribution in [0.3, 0.4) is 0 Å². The van der Waals surface area contributed by atoms with Crippen LogP contribution in [0.25, 0.3) is 0 Å². The highest BCUT2D eigenvalue weighted by Gasteiger charge is 2.38. The van der Waals surface area contributed by atoms with E-state index in [0.29, 0.717) is 0 Å². The van der Waals surface area contributed by atoms with Gasteiger partial charge in [0.25, 0.3) is 0 Å². The Balaban J connectivity index is 2.73. The van der Waals surface area contributed by atoms with Crippen LogP contribution in [0.15, 0.2) is 60.7 Å². The largest absolute Gasteiger partial charge is 0.395 e. The first kappa shape index (κ1) is 16.1. The SMILES string of the molecule is C#CC#CC(O[Si](C)(C)C)(c1ccccc1)c1ccccc1. The van der Waals surface area contributed by atoms with E-state index in [2.05, 4.69) is 37.4 Å². The van der Waals surface area contributed by atoms with Gasteiger partial charge in [0.1, 0.15) is 0 Å². The van der Waals surface area contributed by atoms with Crippen molar-refractivity contribution in [3.05, 3.63) is 71.8 Å². The molecule has 0 fully saturated rings. The van der Waals surface area contributed by atoms with E-state index in [9.17, 15) is 0 Å². The van der Waals surface area contributed by atoms with Crippen molar-refractivity contribution in [2.45, 2.75) is 25.2 Å². The number of hydrogen-bond donors (Lipinski definition) is 0. The molecular weight excluding hydrogens is 284 g/mol. The standard InChI is InChI=1S/C20H20OSi/c1-5-6-17-20(21-22(2,3)4,18-13-9-7-10-14-18)19-15-11-8-12-16-19/h1,7-16H,2-4H3. The number of rotatable bonds is 4. The van der Waals surface area contributed by atoms with Crippen molar-refractivity contribution in [1.29, 1.82) is 0 Å². The molecule has 0 aliphatic heterocycles. The maximum Gasteiger partial charge on any atom is 0.186 e. The van der Waals surface area contributed by atoms with E-state index in [-0.39, 0.29) is 0 Å². The highest BCUT2D eigenvalue weighted by molar-refractivity contribution is 6.69. The first-order chi connectivity index (χ1) is 10.5. The van der Waals surface area contributed by atoms with Gasteiger partial charge < -0.3 is 4.43 Å². The predicted molar refractivity (Wildman–Crippen MR) is 94.7 cm³/mol. The number of benzene rings is 2. The van der Waals surface area contributed by atoms with Crippen LogP contribution in [0.2, 0.25) is 19.6 Å². The summed E-state index contributed by atoms with van der Waals surface area (Å²) < 4.78 is 6.57. The third kappa shape index (κ3) is 3.68. The molecule has 0 aliphatic carbocycles. The molecule has 0 aromatic heterocycles. The molecule has 1 nitrogen and oxygen atoms in total. The summed E-state index contributed by atoms with van der Waals surface area (Å²) in [6, 6.07) is 20.1. The number of hydrogen-bond acceptors (Lipinski definition) is 1. The Bertz CT molecular complexity index is 670. The molecule has 0 N–H and O–H groups in total. The Kier molecular flexibility index (Phi) is 4.88. The fraction of sp³-hybridized carbons (Fsp3) is 0.200. The third-order valence-electron chi connectivity index (χ3n) is 3.13. The molecule has 2 aromatic rings. The smallest absolute Gasteiger partial charge is 0.186 e. The second-order valence-electron chi connectivity index (χ2n) is 6.02. The van der Waals surface area contributed by atoms with Gasteiger partial charge in [0.05, 0.1) is 0 Å². The highest BCUT2D eigenvalue weighted by Crippen LogP contribution is 2.36. The lowest BCUT2D eigenvalue weighted by Crippen LogP contribution is -2.40. The second-order valence-corrected chi connectivity index (χ2v) is 10.5. The van der Waals surface area contributed by atoms with E-state index in [1.807, 2.05) is 60.7 Å². The molecule has 2 aromatic carbocycles. The van der Waals surface area contributed by atoms with E-state index in [4.69, 9.17) is 10.8 Å². The van der Waals surface area contributed by atoms with Gasteiger partial charge in [0.2, 0.25) is 0 Å². The minimum atomic E-state index is -1.88. The van der Waals surface area contributed by atoms with Gasteiger partial charge in [0.15, 0.2) is 13.9 Å². The maximum atomic E-state index is 6.57. The second kappa shape index (κ2) is 6.67. The van der Waals surface area contributed by atoms with Crippen LogP contribution in [-0.4, -0.2) is 8.32 Å². The fourth-order valence-electron chi connectivity index (χ4n) is 2.38. The van der Waals surface area contributed by atoms with Gasteiger partial charge in [-0.05, 0) is 48.5 Å². The Morgan fingerprint density at radius 3 is 1.68 bits per heavy atom. The highest BCUT2D eigenvalue weighted by atomic mass is 28.4. The summed E-state index contributed by atoms with van der Waals surface area (Å²) in [5.41, 5.74) is 1.19. The van der Waals surface area contributed by atoms with Gasteiger partial charge in [-0.1, -0.05) is 60.7 Å². The Hall–Kier alpha value is -2.26. The van der Waals surface area contributed by atoms with Gasteiger partial charge in [-0.3, -0.25) is 0 Å². The van der Waals surface area contributed by atoms with Crippen molar-refractivity contribution in [2.24, 2.45) is 0 Å². The fourth-order valence-corrected chi connectivity index (χ4v) is 3.59. The third-order valence-corrected chi connectivity index (χ3v) is 4.05. The summed E-state index contributed by atoms with van der Waals surface area (Å²) in [5, 5.41) is 0. The molecule has 2 rings (SSSR count). The van der Waals surface area contributed by atoms with Crippen LogP contribution < -0.4 is 0 Å². The van der Waals surface area contributed by atoms with Crippen LogP contribution in [0, 0.1) is 24.2 Å². The molecule has 0 saturated carbocycles. The summed E-state index contributed by atoms with van der Waals surface area (Å²) >= 11 is 0. The van der Waals surface area contributed by atoms with Crippen molar-refractivity contribution in [1.82, 2.24) is 0 Å². The summed E-state index contributed by atoms with van der Waals surface area (Å²) in [7, 11) is -1.88. The quantitative estimate of drug-likeness (QED) is 0.600. The molecule has 0 heterocycles. The van der Waals surface area contributed by atoms with Crippen molar-refractivity contribution in [3.63, 3.8) is 0 Å². The van der Waals surface area contributed by atoms with Gasteiger partial charge in [-0.15, -0.1) is 6.42 Å².